The maximum absolute atomic E-state index is 12.1. The largest absolute Gasteiger partial charge is 0.444 e. The predicted molar refractivity (Wildman–Crippen MR) is 104 cm³/mol. The molecule has 0 atom stereocenters. The van der Waals surface area contributed by atoms with E-state index < -0.39 is 5.60 Å². The number of aliphatic imine (C=N–C) groups is 1. The first-order chi connectivity index (χ1) is 11.8. The highest BCUT2D eigenvalue weighted by Crippen LogP contribution is 2.20. The lowest BCUT2D eigenvalue weighted by Gasteiger charge is -2.33. The Morgan fingerprint density at radius 1 is 1.28 bits per heavy atom. The third-order valence-electron chi connectivity index (χ3n) is 4.31. The number of nitrogens with one attached hydrogen (secondary N) is 1. The second kappa shape index (κ2) is 10.5. The molecule has 1 N–H and O–H groups in total. The zero-order chi connectivity index (χ0) is 18.9. The van der Waals surface area contributed by atoms with E-state index in [1.54, 1.807) is 0 Å². The average Bonchev–Trinajstić information content (AvgIpc) is 2.55. The van der Waals surface area contributed by atoms with Gasteiger partial charge in [0.25, 0.3) is 0 Å². The van der Waals surface area contributed by atoms with Gasteiger partial charge in [-0.05, 0) is 52.9 Å². The molecule has 146 valence electrons. The van der Waals surface area contributed by atoms with Gasteiger partial charge in [-0.2, -0.15) is 0 Å². The number of guanidine groups is 1. The van der Waals surface area contributed by atoms with Crippen LogP contribution in [-0.4, -0.2) is 67.2 Å². The lowest BCUT2D eigenvalue weighted by atomic mass is 9.97. The van der Waals surface area contributed by atoms with Crippen molar-refractivity contribution in [1.82, 2.24) is 15.1 Å². The summed E-state index contributed by atoms with van der Waals surface area (Å²) in [5.74, 6) is 1.53. The Labute approximate surface area is 154 Å². The first-order valence-electron chi connectivity index (χ1n) is 9.74. The summed E-state index contributed by atoms with van der Waals surface area (Å²) in [6.07, 6.45) is 4.14. The fourth-order valence-corrected chi connectivity index (χ4v) is 2.81. The molecule has 1 fully saturated rings. The number of rotatable bonds is 6. The monoisotopic (exact) mass is 354 g/mol. The molecular formula is C19H38N4O2. The van der Waals surface area contributed by atoms with E-state index in [2.05, 4.69) is 31.1 Å². The van der Waals surface area contributed by atoms with Crippen molar-refractivity contribution >= 4 is 12.1 Å². The highest BCUT2D eigenvalue weighted by Gasteiger charge is 2.26. The fourth-order valence-electron chi connectivity index (χ4n) is 2.81. The fraction of sp³-hybridized carbons (Fsp3) is 0.895. The summed E-state index contributed by atoms with van der Waals surface area (Å²) in [4.78, 5) is 21.0. The van der Waals surface area contributed by atoms with E-state index in [9.17, 15) is 4.79 Å². The molecule has 0 unspecified atom stereocenters. The van der Waals surface area contributed by atoms with Crippen molar-refractivity contribution in [1.29, 1.82) is 0 Å². The summed E-state index contributed by atoms with van der Waals surface area (Å²) in [6.45, 7) is 14.3. The first kappa shape index (κ1) is 21.6. The Bertz CT molecular complexity index is 424. The molecule has 0 aromatic rings. The molecule has 0 saturated carbocycles. The standard InChI is InChI=1S/C19H38N4O2/c1-7-9-12-22(6)17(20-8-2)21-15-16-10-13-23(14-11-16)18(24)25-19(3,4)5/h16H,7-15H2,1-6H3,(H,20,21). The first-order valence-corrected chi connectivity index (χ1v) is 9.74. The van der Waals surface area contributed by atoms with Crippen LogP contribution in [0.5, 0.6) is 0 Å². The summed E-state index contributed by atoms with van der Waals surface area (Å²) in [5.41, 5.74) is -0.429. The zero-order valence-corrected chi connectivity index (χ0v) is 17.1. The van der Waals surface area contributed by atoms with Gasteiger partial charge < -0.3 is 19.9 Å². The molecule has 0 radical (unpaired) electrons. The average molecular weight is 355 g/mol. The normalized spacial score (nSPS) is 16.7. The second-order valence-electron chi connectivity index (χ2n) is 7.88. The lowest BCUT2D eigenvalue weighted by Crippen LogP contribution is -2.43. The number of hydrogen-bond acceptors (Lipinski definition) is 3. The Morgan fingerprint density at radius 3 is 2.44 bits per heavy atom. The molecule has 0 bridgehead atoms. The van der Waals surface area contributed by atoms with Gasteiger partial charge in [-0.1, -0.05) is 13.3 Å². The molecule has 25 heavy (non-hydrogen) atoms. The Morgan fingerprint density at radius 2 is 1.92 bits per heavy atom. The Hall–Kier alpha value is -1.46. The quantitative estimate of drug-likeness (QED) is 0.587. The molecule has 0 aliphatic carbocycles. The van der Waals surface area contributed by atoms with E-state index in [0.29, 0.717) is 5.92 Å². The maximum atomic E-state index is 12.1. The van der Waals surface area contributed by atoms with Crippen molar-refractivity contribution in [2.45, 2.75) is 65.9 Å². The van der Waals surface area contributed by atoms with Crippen molar-refractivity contribution < 1.29 is 9.53 Å². The van der Waals surface area contributed by atoms with Gasteiger partial charge in [0, 0.05) is 39.8 Å². The molecular weight excluding hydrogens is 316 g/mol. The van der Waals surface area contributed by atoms with Crippen LogP contribution in [0.15, 0.2) is 4.99 Å². The minimum absolute atomic E-state index is 0.193. The van der Waals surface area contributed by atoms with Gasteiger partial charge in [0.2, 0.25) is 0 Å². The van der Waals surface area contributed by atoms with Crippen LogP contribution in [0, 0.1) is 5.92 Å². The molecule has 0 aromatic carbocycles. The summed E-state index contributed by atoms with van der Waals surface area (Å²) in [6, 6.07) is 0. The minimum atomic E-state index is -0.429. The SMILES string of the molecule is CCCCN(C)C(=NCC1CCN(C(=O)OC(C)(C)C)CC1)NCC. The molecule has 1 amide bonds. The number of nitrogens with zero attached hydrogens (tertiary/aromatic N) is 3. The summed E-state index contributed by atoms with van der Waals surface area (Å²) in [5, 5.41) is 3.38. The molecule has 1 aliphatic rings. The number of unbranched alkanes of at least 4 members (excludes halogenated alkanes) is 1. The van der Waals surface area contributed by atoms with Crippen molar-refractivity contribution in [2.75, 3.05) is 39.8 Å². The van der Waals surface area contributed by atoms with Gasteiger partial charge in [-0.3, -0.25) is 4.99 Å². The number of amides is 1. The van der Waals surface area contributed by atoms with Crippen LogP contribution in [0.2, 0.25) is 0 Å². The second-order valence-corrected chi connectivity index (χ2v) is 7.88. The van der Waals surface area contributed by atoms with Crippen LogP contribution in [-0.2, 0) is 4.74 Å². The van der Waals surface area contributed by atoms with E-state index in [0.717, 1.165) is 51.5 Å². The maximum Gasteiger partial charge on any atom is 0.410 e. The highest BCUT2D eigenvalue weighted by molar-refractivity contribution is 5.79. The van der Waals surface area contributed by atoms with Crippen molar-refractivity contribution in [3.05, 3.63) is 0 Å². The number of carbonyl (C=O) groups is 1. The van der Waals surface area contributed by atoms with Crippen LogP contribution >= 0.6 is 0 Å². The highest BCUT2D eigenvalue weighted by atomic mass is 16.6. The molecule has 1 aliphatic heterocycles. The minimum Gasteiger partial charge on any atom is -0.444 e. The van der Waals surface area contributed by atoms with Gasteiger partial charge in [-0.25, -0.2) is 4.79 Å². The molecule has 0 aromatic heterocycles. The summed E-state index contributed by atoms with van der Waals surface area (Å²) in [7, 11) is 2.10. The van der Waals surface area contributed by atoms with Gasteiger partial charge in [0.05, 0.1) is 0 Å². The number of piperidine rings is 1. The van der Waals surface area contributed by atoms with E-state index in [1.807, 2.05) is 25.7 Å². The van der Waals surface area contributed by atoms with Crippen LogP contribution in [0.3, 0.4) is 0 Å². The smallest absolute Gasteiger partial charge is 0.410 e. The van der Waals surface area contributed by atoms with Crippen LogP contribution in [0.25, 0.3) is 0 Å². The van der Waals surface area contributed by atoms with Gasteiger partial charge >= 0.3 is 6.09 Å². The third kappa shape index (κ3) is 8.45. The van der Waals surface area contributed by atoms with Crippen molar-refractivity contribution in [2.24, 2.45) is 10.9 Å². The van der Waals surface area contributed by atoms with Crippen molar-refractivity contribution in [3.8, 4) is 0 Å². The Balaban J connectivity index is 2.46. The molecule has 1 saturated heterocycles. The van der Waals surface area contributed by atoms with E-state index in [-0.39, 0.29) is 6.09 Å². The third-order valence-corrected chi connectivity index (χ3v) is 4.31. The van der Waals surface area contributed by atoms with Crippen molar-refractivity contribution in [3.63, 3.8) is 0 Å². The van der Waals surface area contributed by atoms with Gasteiger partial charge in [0.15, 0.2) is 5.96 Å². The summed E-state index contributed by atoms with van der Waals surface area (Å²) >= 11 is 0. The number of likely N-dealkylation sites (tertiary alicyclic amines) is 1. The molecule has 6 nitrogen and oxygen atoms in total. The summed E-state index contributed by atoms with van der Waals surface area (Å²) < 4.78 is 5.45. The predicted octanol–water partition coefficient (Wildman–Crippen LogP) is 3.33. The van der Waals surface area contributed by atoms with E-state index in [4.69, 9.17) is 9.73 Å². The van der Waals surface area contributed by atoms with Gasteiger partial charge in [0.1, 0.15) is 5.60 Å². The molecule has 0 spiro atoms. The lowest BCUT2D eigenvalue weighted by molar-refractivity contribution is 0.0187. The van der Waals surface area contributed by atoms with E-state index >= 15 is 0 Å². The molecule has 1 rings (SSSR count). The zero-order valence-electron chi connectivity index (χ0n) is 17.1. The number of carbonyl (C=O) groups excluding carboxylic acids is 1. The topological polar surface area (TPSA) is 57.2 Å². The van der Waals surface area contributed by atoms with Gasteiger partial charge in [-0.15, -0.1) is 0 Å². The van der Waals surface area contributed by atoms with Crippen LogP contribution in [0.1, 0.15) is 60.3 Å². The Kier molecular flexibility index (Phi) is 9.08. The number of hydrogen-bond donors (Lipinski definition) is 1. The van der Waals surface area contributed by atoms with Crippen LogP contribution < -0.4 is 5.32 Å². The molecule has 6 heteroatoms. The number of ether oxygens (including phenoxy) is 1. The van der Waals surface area contributed by atoms with E-state index in [1.165, 1.54) is 12.8 Å². The molecule has 1 heterocycles. The van der Waals surface area contributed by atoms with Crippen LogP contribution in [0.4, 0.5) is 4.79 Å².